The van der Waals surface area contributed by atoms with Crippen molar-refractivity contribution in [2.45, 2.75) is 25.3 Å². The number of ether oxygens (including phenoxy) is 1. The number of aromatic nitrogens is 3. The molecule has 1 fully saturated rings. The van der Waals surface area contributed by atoms with Crippen LogP contribution in [0.1, 0.15) is 35.1 Å². The number of aliphatic carboxylic acids is 1. The highest BCUT2D eigenvalue weighted by Crippen LogP contribution is 2.40. The van der Waals surface area contributed by atoms with Gasteiger partial charge in [-0.1, -0.05) is 17.7 Å². The van der Waals surface area contributed by atoms with Gasteiger partial charge in [-0.3, -0.25) is 9.79 Å². The normalized spacial score (nSPS) is 18.0. The molecular weight excluding hydrogens is 547 g/mol. The number of carbonyl (C=O) groups is 2. The van der Waals surface area contributed by atoms with Crippen LogP contribution in [-0.2, 0) is 20.7 Å². The van der Waals surface area contributed by atoms with E-state index in [0.717, 1.165) is 0 Å². The van der Waals surface area contributed by atoms with Gasteiger partial charge in [0.05, 0.1) is 24.8 Å². The van der Waals surface area contributed by atoms with Crippen LogP contribution < -0.4 is 10.2 Å². The number of rotatable bonds is 7. The van der Waals surface area contributed by atoms with Crippen molar-refractivity contribution in [3.05, 3.63) is 80.4 Å². The molecular formula is C26H24ClFN6O4S. The molecule has 4 heterocycles. The van der Waals surface area contributed by atoms with Gasteiger partial charge in [-0.25, -0.2) is 24.1 Å². The summed E-state index contributed by atoms with van der Waals surface area (Å²) >= 11 is 7.84. The number of aliphatic imine (C=N–C) groups is 1. The van der Waals surface area contributed by atoms with E-state index in [9.17, 15) is 14.0 Å². The van der Waals surface area contributed by atoms with Gasteiger partial charge in [-0.2, -0.15) is 0 Å². The molecule has 2 N–H and O–H groups in total. The summed E-state index contributed by atoms with van der Waals surface area (Å²) < 4.78 is 19.1. The van der Waals surface area contributed by atoms with Crippen molar-refractivity contribution in [3.63, 3.8) is 0 Å². The summed E-state index contributed by atoms with van der Waals surface area (Å²) in [5.74, 6) is -1.14. The first-order valence-corrected chi connectivity index (χ1v) is 13.4. The fourth-order valence-corrected chi connectivity index (χ4v) is 5.64. The lowest BCUT2D eigenvalue weighted by Crippen LogP contribution is -2.42. The zero-order chi connectivity index (χ0) is 27.5. The molecule has 13 heteroatoms. The Morgan fingerprint density at radius 1 is 1.23 bits per heavy atom. The van der Waals surface area contributed by atoms with E-state index in [1.54, 1.807) is 18.5 Å². The molecule has 0 saturated carbocycles. The molecule has 1 atom stereocenters. The Hall–Kier alpha value is -3.90. The number of benzene rings is 1. The maximum atomic E-state index is 13.9. The lowest BCUT2D eigenvalue weighted by Gasteiger charge is -2.36. The van der Waals surface area contributed by atoms with Crippen LogP contribution in [0.3, 0.4) is 0 Å². The maximum absolute atomic E-state index is 13.9. The topological polar surface area (TPSA) is 130 Å². The number of carboxylic acid groups (broad SMARTS) is 1. The minimum atomic E-state index is -0.961. The molecule has 0 aliphatic carbocycles. The molecule has 0 spiro atoms. The number of amidine groups is 1. The number of methoxy groups -OCH3 is 1. The van der Waals surface area contributed by atoms with E-state index in [4.69, 9.17) is 26.4 Å². The third-order valence-corrected chi connectivity index (χ3v) is 7.70. The summed E-state index contributed by atoms with van der Waals surface area (Å²) in [5.41, 5.74) is 1.88. The predicted octanol–water partition coefficient (Wildman–Crippen LogP) is 3.79. The third kappa shape index (κ3) is 5.76. The maximum Gasteiger partial charge on any atom is 0.338 e. The van der Waals surface area contributed by atoms with Crippen molar-refractivity contribution in [1.82, 2.24) is 20.3 Å². The Labute approximate surface area is 232 Å². The number of piperidine rings is 1. The van der Waals surface area contributed by atoms with Crippen molar-refractivity contribution in [1.29, 1.82) is 0 Å². The fraction of sp³-hybridized carbons (Fsp3) is 0.308. The molecule has 1 unspecified atom stereocenters. The van der Waals surface area contributed by atoms with Gasteiger partial charge < -0.3 is 20.1 Å². The van der Waals surface area contributed by atoms with Crippen LogP contribution in [0.4, 0.5) is 10.3 Å². The number of nitrogens with zero attached hydrogens (tertiary/aromatic N) is 5. The van der Waals surface area contributed by atoms with Crippen LogP contribution in [0, 0.1) is 11.7 Å². The highest BCUT2D eigenvalue weighted by Gasteiger charge is 2.37. The van der Waals surface area contributed by atoms with Gasteiger partial charge in [-0.15, -0.1) is 11.3 Å². The molecule has 10 nitrogen and oxygen atoms in total. The van der Waals surface area contributed by atoms with E-state index in [2.05, 4.69) is 20.3 Å². The molecule has 1 aromatic carbocycles. The van der Waals surface area contributed by atoms with Crippen molar-refractivity contribution in [2.75, 3.05) is 25.1 Å². The standard InChI is InChI=1S/C26H24ClFN6O4S/c1-38-25(37)20-21(14-5-9-34(10-6-14)26-30-7-4-16(31-26)13-19(35)36)32-23(24-29-8-11-39-24)33-22(20)17-3-2-15(28)12-18(17)27/h2-4,7-8,11-12,14,22H,5-6,9-10,13H2,1H3,(H,32,33)(H,35,36). The third-order valence-electron chi connectivity index (χ3n) is 6.59. The molecule has 2 aliphatic rings. The van der Waals surface area contributed by atoms with Gasteiger partial charge in [-0.05, 0) is 31.0 Å². The molecule has 2 aromatic heterocycles. The highest BCUT2D eigenvalue weighted by atomic mass is 35.5. The van der Waals surface area contributed by atoms with Crippen molar-refractivity contribution < 1.29 is 23.8 Å². The molecule has 0 bridgehead atoms. The first-order valence-electron chi connectivity index (χ1n) is 12.1. The van der Waals surface area contributed by atoms with Gasteiger partial charge in [0.2, 0.25) is 5.95 Å². The van der Waals surface area contributed by atoms with Crippen LogP contribution in [0.5, 0.6) is 0 Å². The van der Waals surface area contributed by atoms with Gasteiger partial charge in [0, 0.05) is 53.1 Å². The number of hydrogen-bond acceptors (Lipinski definition) is 10. The second kappa shape index (κ2) is 11.5. The zero-order valence-corrected chi connectivity index (χ0v) is 22.4. The second-order valence-electron chi connectivity index (χ2n) is 9.01. The van der Waals surface area contributed by atoms with Crippen molar-refractivity contribution >= 4 is 46.7 Å². The average molecular weight is 571 g/mol. The minimum Gasteiger partial charge on any atom is -0.481 e. The molecule has 0 radical (unpaired) electrons. The van der Waals surface area contributed by atoms with E-state index < -0.39 is 23.8 Å². The lowest BCUT2D eigenvalue weighted by molar-refractivity contribution is -0.137. The zero-order valence-electron chi connectivity index (χ0n) is 20.8. The number of anilines is 1. The van der Waals surface area contributed by atoms with Crippen LogP contribution >= 0.6 is 22.9 Å². The Morgan fingerprint density at radius 2 is 2.03 bits per heavy atom. The number of allylic oxidation sites excluding steroid dienone is 1. The summed E-state index contributed by atoms with van der Waals surface area (Å²) in [7, 11) is 1.31. The molecule has 39 heavy (non-hydrogen) atoms. The van der Waals surface area contributed by atoms with Crippen LogP contribution in [0.2, 0.25) is 5.02 Å². The molecule has 5 rings (SSSR count). The Bertz CT molecular complexity index is 1460. The summed E-state index contributed by atoms with van der Waals surface area (Å²) in [4.78, 5) is 44.2. The van der Waals surface area contributed by atoms with E-state index >= 15 is 0 Å². The predicted molar refractivity (Wildman–Crippen MR) is 143 cm³/mol. The quantitative estimate of drug-likeness (QED) is 0.407. The van der Waals surface area contributed by atoms with Crippen LogP contribution in [-0.4, -0.2) is 58.0 Å². The molecule has 0 amide bonds. The molecule has 202 valence electrons. The Balaban J connectivity index is 1.48. The summed E-state index contributed by atoms with van der Waals surface area (Å²) in [6, 6.07) is 4.77. The van der Waals surface area contributed by atoms with Crippen molar-refractivity contribution in [3.8, 4) is 0 Å². The van der Waals surface area contributed by atoms with Crippen molar-refractivity contribution in [2.24, 2.45) is 10.9 Å². The monoisotopic (exact) mass is 570 g/mol. The number of halogens is 2. The first-order chi connectivity index (χ1) is 18.8. The average Bonchev–Trinajstić information content (AvgIpc) is 3.47. The number of hydrogen-bond donors (Lipinski definition) is 2. The Morgan fingerprint density at radius 3 is 2.69 bits per heavy atom. The van der Waals surface area contributed by atoms with Gasteiger partial charge >= 0.3 is 11.9 Å². The van der Waals surface area contributed by atoms with E-state index in [1.807, 2.05) is 10.3 Å². The highest BCUT2D eigenvalue weighted by molar-refractivity contribution is 7.11. The SMILES string of the molecule is COC(=O)C1=C(C2CCN(c3nccc(CC(=O)O)n3)CC2)NC(c2nccs2)=NC1c1ccc(F)cc1Cl. The van der Waals surface area contributed by atoms with E-state index in [0.29, 0.717) is 65.3 Å². The second-order valence-corrected chi connectivity index (χ2v) is 10.3. The first kappa shape index (κ1) is 26.7. The van der Waals surface area contributed by atoms with Gasteiger partial charge in [0.15, 0.2) is 10.8 Å². The number of carboxylic acids is 1. The summed E-state index contributed by atoms with van der Waals surface area (Å²) in [5, 5.41) is 15.1. The van der Waals surface area contributed by atoms with Gasteiger partial charge in [0.1, 0.15) is 11.9 Å². The molecule has 3 aromatic rings. The molecule has 1 saturated heterocycles. The number of carbonyl (C=O) groups excluding carboxylic acids is 1. The fourth-order valence-electron chi connectivity index (χ4n) is 4.78. The lowest BCUT2D eigenvalue weighted by atomic mass is 9.85. The minimum absolute atomic E-state index is 0.0789. The van der Waals surface area contributed by atoms with Crippen LogP contribution in [0.25, 0.3) is 0 Å². The van der Waals surface area contributed by atoms with Crippen LogP contribution in [0.15, 0.2) is 58.3 Å². The smallest absolute Gasteiger partial charge is 0.338 e. The largest absolute Gasteiger partial charge is 0.481 e. The summed E-state index contributed by atoms with van der Waals surface area (Å²) in [6.45, 7) is 1.15. The number of esters is 1. The molecule has 2 aliphatic heterocycles. The van der Waals surface area contributed by atoms with E-state index in [-0.39, 0.29) is 17.4 Å². The Kier molecular flexibility index (Phi) is 7.84. The van der Waals surface area contributed by atoms with Gasteiger partial charge in [0.25, 0.3) is 0 Å². The number of nitrogens with one attached hydrogen (secondary N) is 1. The number of thiazole rings is 1. The van der Waals surface area contributed by atoms with E-state index in [1.165, 1.54) is 36.6 Å². The summed E-state index contributed by atoms with van der Waals surface area (Å²) in [6.07, 6.45) is 4.33.